The van der Waals surface area contributed by atoms with Gasteiger partial charge in [-0.3, -0.25) is 0 Å². The largest absolute Gasteiger partial charge is 0.496 e. The van der Waals surface area contributed by atoms with Crippen molar-refractivity contribution in [3.05, 3.63) is 17.7 Å². The molecular formula is C13H19NO3. The molecule has 1 unspecified atom stereocenters. The number of hydrogen-bond acceptors (Lipinski definition) is 4. The molecule has 4 heteroatoms. The van der Waals surface area contributed by atoms with Crippen LogP contribution in [0.3, 0.4) is 0 Å². The Hall–Kier alpha value is -1.42. The Balaban J connectivity index is 2.41. The lowest BCUT2D eigenvalue weighted by atomic mass is 10.0. The molecule has 4 nitrogen and oxygen atoms in total. The van der Waals surface area contributed by atoms with Crippen LogP contribution in [0, 0.1) is 0 Å². The van der Waals surface area contributed by atoms with E-state index in [2.05, 4.69) is 5.32 Å². The Labute approximate surface area is 102 Å². The summed E-state index contributed by atoms with van der Waals surface area (Å²) in [5.41, 5.74) is 1.14. The van der Waals surface area contributed by atoms with E-state index in [0.717, 1.165) is 30.0 Å². The van der Waals surface area contributed by atoms with Crippen molar-refractivity contribution in [1.29, 1.82) is 0 Å². The van der Waals surface area contributed by atoms with Crippen LogP contribution in [0.1, 0.15) is 24.4 Å². The second-order valence-corrected chi connectivity index (χ2v) is 4.10. The van der Waals surface area contributed by atoms with E-state index in [1.807, 2.05) is 12.1 Å². The fourth-order valence-electron chi connectivity index (χ4n) is 2.28. The third kappa shape index (κ3) is 2.31. The second-order valence-electron chi connectivity index (χ2n) is 4.10. The lowest BCUT2D eigenvalue weighted by Crippen LogP contribution is -2.14. The van der Waals surface area contributed by atoms with Gasteiger partial charge < -0.3 is 19.5 Å². The van der Waals surface area contributed by atoms with Crippen molar-refractivity contribution < 1.29 is 14.2 Å². The summed E-state index contributed by atoms with van der Waals surface area (Å²) in [7, 11) is 4.96. The topological polar surface area (TPSA) is 39.7 Å². The summed E-state index contributed by atoms with van der Waals surface area (Å²) < 4.78 is 16.0. The first-order valence-electron chi connectivity index (χ1n) is 5.83. The van der Waals surface area contributed by atoms with Gasteiger partial charge in [0.05, 0.1) is 21.3 Å². The Morgan fingerprint density at radius 1 is 1.00 bits per heavy atom. The first-order chi connectivity index (χ1) is 8.30. The van der Waals surface area contributed by atoms with Crippen LogP contribution < -0.4 is 19.5 Å². The molecule has 1 aliphatic rings. The van der Waals surface area contributed by atoms with Gasteiger partial charge in [0.25, 0.3) is 0 Å². The average Bonchev–Trinajstić information content (AvgIpc) is 2.90. The molecule has 0 saturated carbocycles. The van der Waals surface area contributed by atoms with Gasteiger partial charge in [0.1, 0.15) is 5.75 Å². The van der Waals surface area contributed by atoms with E-state index in [4.69, 9.17) is 14.2 Å². The number of hydrogen-bond donors (Lipinski definition) is 1. The van der Waals surface area contributed by atoms with E-state index in [-0.39, 0.29) is 0 Å². The first-order valence-corrected chi connectivity index (χ1v) is 5.83. The van der Waals surface area contributed by atoms with Gasteiger partial charge in [-0.1, -0.05) is 0 Å². The van der Waals surface area contributed by atoms with E-state index in [1.54, 1.807) is 21.3 Å². The molecule has 0 aromatic heterocycles. The first kappa shape index (κ1) is 12.0. The molecule has 1 heterocycles. The van der Waals surface area contributed by atoms with Crippen LogP contribution in [-0.4, -0.2) is 27.9 Å². The molecule has 0 spiro atoms. The summed E-state index contributed by atoms with van der Waals surface area (Å²) in [6, 6.07) is 4.24. The van der Waals surface area contributed by atoms with Crippen molar-refractivity contribution in [3.8, 4) is 17.2 Å². The highest BCUT2D eigenvalue weighted by Gasteiger charge is 2.22. The molecule has 1 atom stereocenters. The van der Waals surface area contributed by atoms with Gasteiger partial charge >= 0.3 is 0 Å². The van der Waals surface area contributed by atoms with Crippen LogP contribution in [0.2, 0.25) is 0 Å². The van der Waals surface area contributed by atoms with Crippen LogP contribution in [-0.2, 0) is 0 Å². The molecule has 1 fully saturated rings. The molecule has 0 bridgehead atoms. The third-order valence-electron chi connectivity index (χ3n) is 3.17. The van der Waals surface area contributed by atoms with Crippen molar-refractivity contribution in [2.75, 3.05) is 27.9 Å². The number of rotatable bonds is 4. The smallest absolute Gasteiger partial charge is 0.164 e. The van der Waals surface area contributed by atoms with Gasteiger partial charge in [0.15, 0.2) is 11.5 Å². The minimum absolute atomic E-state index is 0.352. The molecule has 0 radical (unpaired) electrons. The summed E-state index contributed by atoms with van der Waals surface area (Å²) >= 11 is 0. The fourth-order valence-corrected chi connectivity index (χ4v) is 2.28. The third-order valence-corrected chi connectivity index (χ3v) is 3.17. The van der Waals surface area contributed by atoms with Gasteiger partial charge in [-0.2, -0.15) is 0 Å². The Bertz CT molecular complexity index is 386. The summed E-state index contributed by atoms with van der Waals surface area (Å²) in [5, 5.41) is 3.46. The SMILES string of the molecule is COc1cc(OC)c(C2CCCN2)cc1OC. The minimum Gasteiger partial charge on any atom is -0.496 e. The van der Waals surface area contributed by atoms with Gasteiger partial charge in [-0.25, -0.2) is 0 Å². The zero-order valence-electron chi connectivity index (χ0n) is 10.6. The number of nitrogens with one attached hydrogen (secondary N) is 1. The molecule has 1 saturated heterocycles. The van der Waals surface area contributed by atoms with E-state index >= 15 is 0 Å². The minimum atomic E-state index is 0.352. The molecule has 17 heavy (non-hydrogen) atoms. The van der Waals surface area contributed by atoms with Crippen LogP contribution in [0.15, 0.2) is 12.1 Å². The summed E-state index contributed by atoms with van der Waals surface area (Å²) in [4.78, 5) is 0. The van der Waals surface area contributed by atoms with Crippen molar-refractivity contribution in [2.24, 2.45) is 0 Å². The van der Waals surface area contributed by atoms with Crippen molar-refractivity contribution in [3.63, 3.8) is 0 Å². The maximum atomic E-state index is 5.42. The molecule has 2 rings (SSSR count). The summed E-state index contributed by atoms with van der Waals surface area (Å²) in [6.07, 6.45) is 2.33. The zero-order chi connectivity index (χ0) is 12.3. The highest BCUT2D eigenvalue weighted by molar-refractivity contribution is 5.52. The van der Waals surface area contributed by atoms with E-state index in [1.165, 1.54) is 6.42 Å². The number of benzene rings is 1. The maximum Gasteiger partial charge on any atom is 0.164 e. The molecule has 0 amide bonds. The highest BCUT2D eigenvalue weighted by atomic mass is 16.5. The highest BCUT2D eigenvalue weighted by Crippen LogP contribution is 2.39. The molecular weight excluding hydrogens is 218 g/mol. The molecule has 1 aromatic carbocycles. The van der Waals surface area contributed by atoms with Crippen LogP contribution in [0.25, 0.3) is 0 Å². The lowest BCUT2D eigenvalue weighted by Gasteiger charge is -2.18. The standard InChI is InChI=1S/C13H19NO3/c1-15-11-8-13(17-3)12(16-2)7-9(11)10-5-4-6-14-10/h7-8,10,14H,4-6H2,1-3H3. The molecule has 1 aliphatic heterocycles. The van der Waals surface area contributed by atoms with Crippen molar-refractivity contribution >= 4 is 0 Å². The van der Waals surface area contributed by atoms with E-state index in [9.17, 15) is 0 Å². The van der Waals surface area contributed by atoms with Gasteiger partial charge in [0, 0.05) is 17.7 Å². The fraction of sp³-hybridized carbons (Fsp3) is 0.538. The summed E-state index contributed by atoms with van der Waals surface area (Å²) in [5.74, 6) is 2.30. The zero-order valence-corrected chi connectivity index (χ0v) is 10.6. The van der Waals surface area contributed by atoms with Crippen LogP contribution >= 0.6 is 0 Å². The normalized spacial score (nSPS) is 19.1. The predicted molar refractivity (Wildman–Crippen MR) is 66.1 cm³/mol. The Kier molecular flexibility index (Phi) is 3.74. The molecule has 0 aliphatic carbocycles. The predicted octanol–water partition coefficient (Wildman–Crippen LogP) is 2.14. The average molecular weight is 237 g/mol. The summed E-state index contributed by atoms with van der Waals surface area (Å²) in [6.45, 7) is 1.06. The van der Waals surface area contributed by atoms with Crippen LogP contribution in [0.4, 0.5) is 0 Å². The Morgan fingerprint density at radius 3 is 2.18 bits per heavy atom. The molecule has 94 valence electrons. The quantitative estimate of drug-likeness (QED) is 0.871. The molecule has 1 N–H and O–H groups in total. The monoisotopic (exact) mass is 237 g/mol. The number of methoxy groups -OCH3 is 3. The van der Waals surface area contributed by atoms with Crippen molar-refractivity contribution in [1.82, 2.24) is 5.32 Å². The van der Waals surface area contributed by atoms with Gasteiger partial charge in [-0.15, -0.1) is 0 Å². The maximum absolute atomic E-state index is 5.42. The van der Waals surface area contributed by atoms with E-state index < -0.39 is 0 Å². The lowest BCUT2D eigenvalue weighted by molar-refractivity contribution is 0.346. The molecule has 1 aromatic rings. The number of ether oxygens (including phenoxy) is 3. The van der Waals surface area contributed by atoms with Crippen LogP contribution in [0.5, 0.6) is 17.2 Å². The van der Waals surface area contributed by atoms with Crippen molar-refractivity contribution in [2.45, 2.75) is 18.9 Å². The van der Waals surface area contributed by atoms with Gasteiger partial charge in [0.2, 0.25) is 0 Å². The Morgan fingerprint density at radius 2 is 1.65 bits per heavy atom. The second kappa shape index (κ2) is 5.27. The van der Waals surface area contributed by atoms with Gasteiger partial charge in [-0.05, 0) is 25.5 Å². The van der Waals surface area contributed by atoms with E-state index in [0.29, 0.717) is 11.8 Å².